The number of nitro benzene ring substituents is 1. The van der Waals surface area contributed by atoms with Gasteiger partial charge in [0, 0.05) is 17.0 Å². The predicted octanol–water partition coefficient (Wildman–Crippen LogP) is 4.70. The first-order valence-corrected chi connectivity index (χ1v) is 9.78. The van der Waals surface area contributed by atoms with Crippen molar-refractivity contribution in [2.24, 2.45) is 11.0 Å². The molecule has 0 aromatic heterocycles. The van der Waals surface area contributed by atoms with Gasteiger partial charge < -0.3 is 0 Å². The molecule has 1 aliphatic carbocycles. The van der Waals surface area contributed by atoms with E-state index in [2.05, 4.69) is 10.5 Å². The zero-order valence-corrected chi connectivity index (χ0v) is 16.6. The molecule has 0 bridgehead atoms. The molecule has 0 radical (unpaired) electrons. The molecule has 30 heavy (non-hydrogen) atoms. The van der Waals surface area contributed by atoms with Gasteiger partial charge in [-0.15, -0.1) is 0 Å². The highest BCUT2D eigenvalue weighted by Crippen LogP contribution is 2.58. The lowest BCUT2D eigenvalue weighted by Crippen LogP contribution is -2.25. The Labute approximate surface area is 178 Å². The normalized spacial score (nSPS) is 16.9. The minimum absolute atomic E-state index is 0.0506. The summed E-state index contributed by atoms with van der Waals surface area (Å²) in [6.45, 7) is 0. The lowest BCUT2D eigenvalue weighted by Gasteiger charge is -2.18. The molecule has 1 aliphatic rings. The first kappa shape index (κ1) is 19.8. The Balaban J connectivity index is 1.52. The maximum Gasteiger partial charge on any atom is 0.288 e. The minimum Gasteiger partial charge on any atom is -0.273 e. The molecule has 4 rings (SSSR count). The van der Waals surface area contributed by atoms with Crippen molar-refractivity contribution >= 4 is 29.4 Å². The highest BCUT2D eigenvalue weighted by Gasteiger charge is 2.60. The number of nitro groups is 1. The maximum absolute atomic E-state index is 12.8. The molecule has 0 saturated heterocycles. The van der Waals surface area contributed by atoms with E-state index in [1.807, 2.05) is 60.7 Å². The van der Waals surface area contributed by atoms with Crippen LogP contribution in [0.4, 0.5) is 5.69 Å². The van der Waals surface area contributed by atoms with Crippen molar-refractivity contribution in [3.63, 3.8) is 0 Å². The fraction of sp³-hybridized carbons (Fsp3) is 0.130. The monoisotopic (exact) mass is 419 g/mol. The zero-order chi connectivity index (χ0) is 21.1. The van der Waals surface area contributed by atoms with Crippen LogP contribution in [0.3, 0.4) is 0 Å². The molecule has 6 nitrogen and oxygen atoms in total. The predicted molar refractivity (Wildman–Crippen MR) is 116 cm³/mol. The third-order valence-corrected chi connectivity index (χ3v) is 5.73. The van der Waals surface area contributed by atoms with Crippen LogP contribution in [0.25, 0.3) is 0 Å². The fourth-order valence-corrected chi connectivity index (χ4v) is 4.04. The lowest BCUT2D eigenvalue weighted by molar-refractivity contribution is -0.384. The zero-order valence-electron chi connectivity index (χ0n) is 15.9. The van der Waals surface area contributed by atoms with Crippen molar-refractivity contribution in [1.82, 2.24) is 5.43 Å². The van der Waals surface area contributed by atoms with Crippen LogP contribution in [-0.4, -0.2) is 17.0 Å². The van der Waals surface area contributed by atoms with Gasteiger partial charge in [0.25, 0.3) is 5.69 Å². The number of halogens is 1. The highest BCUT2D eigenvalue weighted by atomic mass is 35.5. The molecule has 0 heterocycles. The van der Waals surface area contributed by atoms with Gasteiger partial charge in [0.15, 0.2) is 0 Å². The standard InChI is InChI=1S/C23H18ClN3O3/c24-20-12-11-16(13-21(20)27(29)30)15-25-26-22(28)19-14-23(19,17-7-3-1-4-8-17)18-9-5-2-6-10-18/h1-13,15,19H,14H2,(H,26,28)/b25-15-/t19-/m1/s1. The summed E-state index contributed by atoms with van der Waals surface area (Å²) in [4.78, 5) is 23.3. The van der Waals surface area contributed by atoms with Crippen LogP contribution in [0.5, 0.6) is 0 Å². The largest absolute Gasteiger partial charge is 0.288 e. The number of nitrogens with zero attached hydrogens (tertiary/aromatic N) is 2. The molecule has 3 aromatic rings. The van der Waals surface area contributed by atoms with Crippen molar-refractivity contribution in [3.05, 3.63) is 111 Å². The van der Waals surface area contributed by atoms with Crippen molar-refractivity contribution < 1.29 is 9.72 Å². The van der Waals surface area contributed by atoms with E-state index in [9.17, 15) is 14.9 Å². The van der Waals surface area contributed by atoms with Gasteiger partial charge in [-0.05, 0) is 23.6 Å². The van der Waals surface area contributed by atoms with E-state index < -0.39 is 4.92 Å². The summed E-state index contributed by atoms with van der Waals surface area (Å²) < 4.78 is 0. The van der Waals surface area contributed by atoms with Crippen LogP contribution in [0.1, 0.15) is 23.1 Å². The van der Waals surface area contributed by atoms with Crippen molar-refractivity contribution in [2.75, 3.05) is 0 Å². The van der Waals surface area contributed by atoms with E-state index in [-0.39, 0.29) is 28.0 Å². The number of hydrogen-bond acceptors (Lipinski definition) is 4. The molecule has 0 spiro atoms. The second kappa shape index (κ2) is 8.08. The van der Waals surface area contributed by atoms with E-state index in [1.165, 1.54) is 18.3 Å². The van der Waals surface area contributed by atoms with Crippen LogP contribution in [0, 0.1) is 16.0 Å². The summed E-state index contributed by atoms with van der Waals surface area (Å²) >= 11 is 5.82. The number of benzene rings is 3. The highest BCUT2D eigenvalue weighted by molar-refractivity contribution is 6.32. The van der Waals surface area contributed by atoms with Crippen LogP contribution >= 0.6 is 11.6 Å². The smallest absolute Gasteiger partial charge is 0.273 e. The summed E-state index contributed by atoms with van der Waals surface area (Å²) in [7, 11) is 0. The second-order valence-corrected chi connectivity index (χ2v) is 7.57. The van der Waals surface area contributed by atoms with E-state index in [0.29, 0.717) is 12.0 Å². The van der Waals surface area contributed by atoms with E-state index in [1.54, 1.807) is 6.07 Å². The Morgan fingerprint density at radius 2 is 1.67 bits per heavy atom. The van der Waals surface area contributed by atoms with Crippen molar-refractivity contribution in [3.8, 4) is 0 Å². The molecule has 0 aliphatic heterocycles. The van der Waals surface area contributed by atoms with Gasteiger partial charge in [0.1, 0.15) is 5.02 Å². The van der Waals surface area contributed by atoms with E-state index >= 15 is 0 Å². The fourth-order valence-electron chi connectivity index (χ4n) is 3.85. The van der Waals surface area contributed by atoms with Gasteiger partial charge >= 0.3 is 0 Å². The van der Waals surface area contributed by atoms with Crippen molar-refractivity contribution in [1.29, 1.82) is 0 Å². The number of amides is 1. The minimum atomic E-state index is -0.559. The van der Waals surface area contributed by atoms with Gasteiger partial charge in [-0.3, -0.25) is 14.9 Å². The number of carbonyl (C=O) groups is 1. The molecule has 0 unspecified atom stereocenters. The van der Waals surface area contributed by atoms with Gasteiger partial charge in [-0.25, -0.2) is 5.43 Å². The summed E-state index contributed by atoms with van der Waals surface area (Å²) in [5, 5.41) is 15.0. The van der Waals surface area contributed by atoms with Crippen LogP contribution in [0.15, 0.2) is 84.0 Å². The van der Waals surface area contributed by atoms with E-state index in [0.717, 1.165) is 11.1 Å². The average Bonchev–Trinajstić information content (AvgIpc) is 3.53. The number of hydrazone groups is 1. The van der Waals surface area contributed by atoms with Crippen LogP contribution < -0.4 is 5.43 Å². The first-order valence-electron chi connectivity index (χ1n) is 9.40. The molecule has 150 valence electrons. The van der Waals surface area contributed by atoms with Crippen molar-refractivity contribution in [2.45, 2.75) is 11.8 Å². The van der Waals surface area contributed by atoms with Gasteiger partial charge in [-0.2, -0.15) is 5.10 Å². The molecular weight excluding hydrogens is 402 g/mol. The molecular formula is C23H18ClN3O3. The van der Waals surface area contributed by atoms with Crippen LogP contribution in [-0.2, 0) is 10.2 Å². The maximum atomic E-state index is 12.8. The third kappa shape index (κ3) is 3.69. The number of hydrogen-bond donors (Lipinski definition) is 1. The lowest BCUT2D eigenvalue weighted by atomic mass is 9.85. The van der Waals surface area contributed by atoms with Gasteiger partial charge in [0.05, 0.1) is 17.1 Å². The first-order chi connectivity index (χ1) is 14.5. The summed E-state index contributed by atoms with van der Waals surface area (Å²) in [6, 6.07) is 24.3. The Kier molecular flexibility index (Phi) is 5.33. The Hall–Kier alpha value is -3.51. The Morgan fingerprint density at radius 3 is 2.23 bits per heavy atom. The summed E-state index contributed by atoms with van der Waals surface area (Å²) in [5.74, 6) is -0.443. The molecule has 1 amide bonds. The molecule has 1 saturated carbocycles. The molecule has 1 fully saturated rings. The van der Waals surface area contributed by atoms with Crippen LogP contribution in [0.2, 0.25) is 5.02 Å². The SMILES string of the molecule is O=C(N/N=C\c1ccc(Cl)c([N+](=O)[O-])c1)[C@H]1CC1(c1ccccc1)c1ccccc1. The molecule has 1 N–H and O–H groups in total. The molecule has 7 heteroatoms. The van der Waals surface area contributed by atoms with E-state index in [4.69, 9.17) is 11.6 Å². The molecule has 3 aromatic carbocycles. The number of nitrogens with one attached hydrogen (secondary N) is 1. The molecule has 1 atom stereocenters. The Bertz CT molecular complexity index is 1080. The van der Waals surface area contributed by atoms with Gasteiger partial charge in [0.2, 0.25) is 5.91 Å². The quantitative estimate of drug-likeness (QED) is 0.357. The number of carbonyl (C=O) groups excluding carboxylic acids is 1. The average molecular weight is 420 g/mol. The second-order valence-electron chi connectivity index (χ2n) is 7.16. The third-order valence-electron chi connectivity index (χ3n) is 5.41. The summed E-state index contributed by atoms with van der Waals surface area (Å²) in [5.41, 5.74) is 4.65. The number of rotatable bonds is 6. The Morgan fingerprint density at radius 1 is 1.07 bits per heavy atom. The van der Waals surface area contributed by atoms with Gasteiger partial charge in [-0.1, -0.05) is 78.3 Å². The topological polar surface area (TPSA) is 84.6 Å². The summed E-state index contributed by atoms with van der Waals surface area (Å²) in [6.07, 6.45) is 2.06.